The largest absolute Gasteiger partial charge is 0.302 e. The zero-order valence-electron chi connectivity index (χ0n) is 8.81. The van der Waals surface area contributed by atoms with E-state index < -0.39 is 5.92 Å². The van der Waals surface area contributed by atoms with Gasteiger partial charge in [0.05, 0.1) is 16.0 Å². The Morgan fingerprint density at radius 1 is 1.18 bits per heavy atom. The molecule has 0 aliphatic carbocycles. The molecule has 0 N–H and O–H groups in total. The Morgan fingerprint density at radius 2 is 2.00 bits per heavy atom. The van der Waals surface area contributed by atoms with Crippen molar-refractivity contribution in [2.75, 3.05) is 0 Å². The zero-order chi connectivity index (χ0) is 12.3. The molecule has 0 amide bonds. The van der Waals surface area contributed by atoms with Crippen LogP contribution in [0.15, 0.2) is 42.7 Å². The zero-order valence-corrected chi connectivity index (χ0v) is 10.3. The van der Waals surface area contributed by atoms with E-state index in [1.165, 1.54) is 0 Å². The molecule has 0 spiro atoms. The molecule has 1 unspecified atom stereocenters. The second-order valence-corrected chi connectivity index (χ2v) is 4.33. The Balaban J connectivity index is 2.50. The molecule has 86 valence electrons. The number of pyridine rings is 1. The van der Waals surface area contributed by atoms with Gasteiger partial charge < -0.3 is 4.79 Å². The summed E-state index contributed by atoms with van der Waals surface area (Å²) in [6.07, 6.45) is 4.15. The maximum absolute atomic E-state index is 11.2. The fourth-order valence-electron chi connectivity index (χ4n) is 1.65. The van der Waals surface area contributed by atoms with E-state index in [9.17, 15) is 4.79 Å². The fraction of sp³-hybridized carbons (Fsp3) is 0.0769. The summed E-state index contributed by atoms with van der Waals surface area (Å²) in [5.41, 5.74) is 1.49. The standard InChI is InChI=1S/C13H9Cl2NO/c14-12-5-1-4-10(13(12)15)11(8-17)9-3-2-6-16-7-9/h1-8,11H. The lowest BCUT2D eigenvalue weighted by Gasteiger charge is -2.13. The van der Waals surface area contributed by atoms with Gasteiger partial charge in [0.1, 0.15) is 6.29 Å². The predicted molar refractivity (Wildman–Crippen MR) is 68.6 cm³/mol. The molecule has 0 saturated carbocycles. The van der Waals surface area contributed by atoms with Crippen molar-refractivity contribution < 1.29 is 4.79 Å². The topological polar surface area (TPSA) is 30.0 Å². The molecular formula is C13H9Cl2NO. The number of carbonyl (C=O) groups excluding carboxylic acids is 1. The Kier molecular flexibility index (Phi) is 3.77. The van der Waals surface area contributed by atoms with E-state index >= 15 is 0 Å². The van der Waals surface area contributed by atoms with E-state index in [0.717, 1.165) is 11.8 Å². The first kappa shape index (κ1) is 12.1. The minimum absolute atomic E-state index is 0.412. The smallest absolute Gasteiger partial charge is 0.131 e. The lowest BCUT2D eigenvalue weighted by molar-refractivity contribution is -0.108. The summed E-state index contributed by atoms with van der Waals surface area (Å²) < 4.78 is 0. The number of hydrogen-bond acceptors (Lipinski definition) is 2. The molecule has 2 rings (SSSR count). The summed E-state index contributed by atoms with van der Waals surface area (Å²) in [6, 6.07) is 8.88. The van der Waals surface area contributed by atoms with Gasteiger partial charge >= 0.3 is 0 Å². The van der Waals surface area contributed by atoms with Crippen LogP contribution in [0.2, 0.25) is 10.0 Å². The van der Waals surface area contributed by atoms with Crippen molar-refractivity contribution in [3.63, 3.8) is 0 Å². The van der Waals surface area contributed by atoms with Crippen LogP contribution in [0.25, 0.3) is 0 Å². The van der Waals surface area contributed by atoms with Gasteiger partial charge in [0.15, 0.2) is 0 Å². The van der Waals surface area contributed by atoms with Gasteiger partial charge in [-0.15, -0.1) is 0 Å². The minimum Gasteiger partial charge on any atom is -0.302 e. The number of aldehydes is 1. The first-order valence-electron chi connectivity index (χ1n) is 5.03. The van der Waals surface area contributed by atoms with Crippen molar-refractivity contribution in [2.45, 2.75) is 5.92 Å². The molecule has 1 aromatic carbocycles. The number of aromatic nitrogens is 1. The van der Waals surface area contributed by atoms with Crippen LogP contribution >= 0.6 is 23.2 Å². The second-order valence-electron chi connectivity index (χ2n) is 3.54. The molecule has 1 aromatic heterocycles. The van der Waals surface area contributed by atoms with Crippen LogP contribution < -0.4 is 0 Å². The molecule has 0 aliphatic heterocycles. The van der Waals surface area contributed by atoms with Gasteiger partial charge in [0, 0.05) is 12.4 Å². The highest BCUT2D eigenvalue weighted by molar-refractivity contribution is 6.42. The molecule has 1 atom stereocenters. The van der Waals surface area contributed by atoms with E-state index in [-0.39, 0.29) is 0 Å². The van der Waals surface area contributed by atoms with Crippen LogP contribution in [-0.4, -0.2) is 11.3 Å². The number of carbonyl (C=O) groups is 1. The van der Waals surface area contributed by atoms with Crippen LogP contribution in [0.4, 0.5) is 0 Å². The SMILES string of the molecule is O=CC(c1cccnc1)c1cccc(Cl)c1Cl. The highest BCUT2D eigenvalue weighted by Crippen LogP contribution is 2.33. The first-order chi connectivity index (χ1) is 8.24. The quantitative estimate of drug-likeness (QED) is 0.792. The van der Waals surface area contributed by atoms with Crippen LogP contribution in [0.1, 0.15) is 17.0 Å². The lowest BCUT2D eigenvalue weighted by Crippen LogP contribution is -2.03. The Morgan fingerprint density at radius 3 is 2.65 bits per heavy atom. The number of hydrogen-bond donors (Lipinski definition) is 0. The number of halogens is 2. The number of rotatable bonds is 3. The number of benzene rings is 1. The molecule has 4 heteroatoms. The molecule has 0 saturated heterocycles. The summed E-state index contributed by atoms with van der Waals surface area (Å²) >= 11 is 12.0. The summed E-state index contributed by atoms with van der Waals surface area (Å²) in [5, 5.41) is 0.857. The molecule has 0 radical (unpaired) electrons. The third-order valence-corrected chi connectivity index (χ3v) is 3.33. The van der Waals surface area contributed by atoms with Gasteiger partial charge in [-0.2, -0.15) is 0 Å². The Bertz CT molecular complexity index is 528. The molecular weight excluding hydrogens is 257 g/mol. The van der Waals surface area contributed by atoms with E-state index in [1.54, 1.807) is 36.7 Å². The summed E-state index contributed by atoms with van der Waals surface area (Å²) in [7, 11) is 0. The van der Waals surface area contributed by atoms with Crippen LogP contribution in [-0.2, 0) is 4.79 Å². The number of nitrogens with zero attached hydrogens (tertiary/aromatic N) is 1. The van der Waals surface area contributed by atoms with E-state index in [4.69, 9.17) is 23.2 Å². The van der Waals surface area contributed by atoms with Crippen LogP contribution in [0.5, 0.6) is 0 Å². The molecule has 0 aliphatic rings. The van der Waals surface area contributed by atoms with E-state index in [0.29, 0.717) is 15.6 Å². The van der Waals surface area contributed by atoms with Gasteiger partial charge in [-0.25, -0.2) is 0 Å². The molecule has 2 aromatic rings. The van der Waals surface area contributed by atoms with Crippen molar-refractivity contribution in [3.05, 3.63) is 63.9 Å². The van der Waals surface area contributed by atoms with Crippen molar-refractivity contribution >= 4 is 29.5 Å². The molecule has 17 heavy (non-hydrogen) atoms. The van der Waals surface area contributed by atoms with Gasteiger partial charge in [-0.1, -0.05) is 41.4 Å². The normalized spacial score (nSPS) is 12.1. The Labute approximate surface area is 109 Å². The predicted octanol–water partition coefficient (Wildman–Crippen LogP) is 3.72. The maximum Gasteiger partial charge on any atom is 0.131 e. The van der Waals surface area contributed by atoms with E-state index in [2.05, 4.69) is 4.98 Å². The van der Waals surface area contributed by atoms with E-state index in [1.807, 2.05) is 6.07 Å². The van der Waals surface area contributed by atoms with Gasteiger partial charge in [0.25, 0.3) is 0 Å². The maximum atomic E-state index is 11.2. The average Bonchev–Trinajstić information content (AvgIpc) is 2.37. The molecule has 0 bridgehead atoms. The molecule has 0 fully saturated rings. The van der Waals surface area contributed by atoms with Crippen LogP contribution in [0, 0.1) is 0 Å². The van der Waals surface area contributed by atoms with Crippen molar-refractivity contribution in [2.24, 2.45) is 0 Å². The summed E-state index contributed by atoms with van der Waals surface area (Å²) in [6.45, 7) is 0. The third-order valence-electron chi connectivity index (χ3n) is 2.50. The summed E-state index contributed by atoms with van der Waals surface area (Å²) in [5.74, 6) is -0.435. The van der Waals surface area contributed by atoms with Crippen molar-refractivity contribution in [1.29, 1.82) is 0 Å². The fourth-order valence-corrected chi connectivity index (χ4v) is 2.08. The lowest BCUT2D eigenvalue weighted by atomic mass is 9.94. The molecule has 2 nitrogen and oxygen atoms in total. The highest BCUT2D eigenvalue weighted by atomic mass is 35.5. The third kappa shape index (κ3) is 2.48. The van der Waals surface area contributed by atoms with Gasteiger partial charge in [-0.3, -0.25) is 4.98 Å². The van der Waals surface area contributed by atoms with Crippen molar-refractivity contribution in [1.82, 2.24) is 4.98 Å². The Hall–Kier alpha value is -1.38. The van der Waals surface area contributed by atoms with Gasteiger partial charge in [-0.05, 0) is 23.3 Å². The monoisotopic (exact) mass is 265 g/mol. The molecule has 1 heterocycles. The summed E-state index contributed by atoms with van der Waals surface area (Å²) in [4.78, 5) is 15.2. The van der Waals surface area contributed by atoms with Gasteiger partial charge in [0.2, 0.25) is 0 Å². The van der Waals surface area contributed by atoms with Crippen molar-refractivity contribution in [3.8, 4) is 0 Å². The first-order valence-corrected chi connectivity index (χ1v) is 5.78. The minimum atomic E-state index is -0.435. The highest BCUT2D eigenvalue weighted by Gasteiger charge is 2.17. The van der Waals surface area contributed by atoms with Crippen LogP contribution in [0.3, 0.4) is 0 Å². The second kappa shape index (κ2) is 5.30. The average molecular weight is 266 g/mol.